The molecule has 2 aliphatic heterocycles. The molecule has 8 heteroatoms. The molecular formula is C25H37IN6O. The summed E-state index contributed by atoms with van der Waals surface area (Å²) in [5.41, 5.74) is 2.03. The SMILES string of the molecule is CCNC(=NCc1ccc(N2CCC(C)CC2)nc1)N1CCN(c2ccccc2O)CC1.I. The summed E-state index contributed by atoms with van der Waals surface area (Å²) >= 11 is 0. The fraction of sp³-hybridized carbons (Fsp3) is 0.520. The number of pyridine rings is 1. The van der Waals surface area contributed by atoms with Crippen molar-refractivity contribution in [3.8, 4) is 5.75 Å². The Bertz CT molecular complexity index is 890. The highest BCUT2D eigenvalue weighted by molar-refractivity contribution is 14.0. The number of rotatable bonds is 5. The number of guanidine groups is 1. The third-order valence-corrected chi connectivity index (χ3v) is 6.46. The molecule has 2 aliphatic rings. The average Bonchev–Trinajstić information content (AvgIpc) is 2.83. The van der Waals surface area contributed by atoms with E-state index in [1.165, 1.54) is 12.8 Å². The Kier molecular flexibility index (Phi) is 9.46. The van der Waals surface area contributed by atoms with E-state index in [2.05, 4.69) is 46.0 Å². The van der Waals surface area contributed by atoms with Gasteiger partial charge in [-0.2, -0.15) is 0 Å². The van der Waals surface area contributed by atoms with Crippen molar-refractivity contribution < 1.29 is 5.11 Å². The molecule has 33 heavy (non-hydrogen) atoms. The fourth-order valence-electron chi connectivity index (χ4n) is 4.42. The Hall–Kier alpha value is -2.23. The van der Waals surface area contributed by atoms with Crippen LogP contribution in [0.1, 0.15) is 32.3 Å². The molecule has 180 valence electrons. The number of phenols is 1. The van der Waals surface area contributed by atoms with Crippen molar-refractivity contribution in [3.63, 3.8) is 0 Å². The lowest BCUT2D eigenvalue weighted by atomic mass is 9.99. The predicted molar refractivity (Wildman–Crippen MR) is 147 cm³/mol. The van der Waals surface area contributed by atoms with E-state index in [0.29, 0.717) is 12.3 Å². The van der Waals surface area contributed by atoms with E-state index in [1.54, 1.807) is 6.07 Å². The van der Waals surface area contributed by atoms with Gasteiger partial charge in [0, 0.05) is 52.0 Å². The monoisotopic (exact) mass is 564 g/mol. The summed E-state index contributed by atoms with van der Waals surface area (Å²) in [5, 5.41) is 13.6. The summed E-state index contributed by atoms with van der Waals surface area (Å²) in [5.74, 6) is 3.19. The number of nitrogens with zero attached hydrogens (tertiary/aromatic N) is 5. The number of piperazine rings is 1. The smallest absolute Gasteiger partial charge is 0.194 e. The lowest BCUT2D eigenvalue weighted by molar-refractivity contribution is 0.369. The molecule has 0 bridgehead atoms. The average molecular weight is 565 g/mol. The zero-order valence-corrected chi connectivity index (χ0v) is 22.1. The molecular weight excluding hydrogens is 527 g/mol. The second kappa shape index (κ2) is 12.3. The highest BCUT2D eigenvalue weighted by atomic mass is 127. The second-order valence-corrected chi connectivity index (χ2v) is 8.83. The van der Waals surface area contributed by atoms with E-state index >= 15 is 0 Å². The standard InChI is InChI=1S/C25H36N6O.HI/c1-3-26-25(31-16-14-29(15-17-31)22-6-4-5-7-23(22)32)28-19-21-8-9-24(27-18-21)30-12-10-20(2)11-13-30;/h4-9,18,20,32H,3,10-17,19H2,1-2H3,(H,26,28);1H. The van der Waals surface area contributed by atoms with Gasteiger partial charge in [0.2, 0.25) is 0 Å². The number of hydrogen-bond donors (Lipinski definition) is 2. The third-order valence-electron chi connectivity index (χ3n) is 6.46. The first-order valence-corrected chi connectivity index (χ1v) is 11.9. The maximum atomic E-state index is 10.1. The zero-order chi connectivity index (χ0) is 22.3. The molecule has 2 saturated heterocycles. The molecule has 0 aliphatic carbocycles. The van der Waals surface area contributed by atoms with Crippen LogP contribution in [0, 0.1) is 5.92 Å². The van der Waals surface area contributed by atoms with Gasteiger partial charge in [-0.25, -0.2) is 9.98 Å². The van der Waals surface area contributed by atoms with E-state index in [4.69, 9.17) is 9.98 Å². The first kappa shape index (κ1) is 25.4. The minimum absolute atomic E-state index is 0. The molecule has 2 aromatic rings. The molecule has 2 fully saturated rings. The van der Waals surface area contributed by atoms with Crippen molar-refractivity contribution >= 4 is 41.4 Å². The van der Waals surface area contributed by atoms with E-state index in [9.17, 15) is 5.11 Å². The van der Waals surface area contributed by atoms with Crippen LogP contribution in [0.2, 0.25) is 0 Å². The summed E-state index contributed by atoms with van der Waals surface area (Å²) in [6.07, 6.45) is 4.46. The molecule has 0 amide bonds. The Morgan fingerprint density at radius 3 is 2.39 bits per heavy atom. The van der Waals surface area contributed by atoms with Crippen LogP contribution in [0.5, 0.6) is 5.75 Å². The van der Waals surface area contributed by atoms with Crippen LogP contribution in [-0.4, -0.2) is 66.8 Å². The van der Waals surface area contributed by atoms with Gasteiger partial charge in [0.15, 0.2) is 5.96 Å². The van der Waals surface area contributed by atoms with Crippen LogP contribution < -0.4 is 15.1 Å². The lowest BCUT2D eigenvalue weighted by Crippen LogP contribution is -2.52. The van der Waals surface area contributed by atoms with Crippen molar-refractivity contribution in [1.29, 1.82) is 0 Å². The molecule has 7 nitrogen and oxygen atoms in total. The molecule has 1 aromatic heterocycles. The Balaban J connectivity index is 0.00000306. The van der Waals surface area contributed by atoms with Crippen molar-refractivity contribution in [1.82, 2.24) is 15.2 Å². The van der Waals surface area contributed by atoms with Gasteiger partial charge >= 0.3 is 0 Å². The van der Waals surface area contributed by atoms with Crippen LogP contribution >= 0.6 is 24.0 Å². The van der Waals surface area contributed by atoms with Gasteiger partial charge in [-0.1, -0.05) is 25.1 Å². The normalized spacial score (nSPS) is 17.6. The van der Waals surface area contributed by atoms with E-state index in [0.717, 1.165) is 74.8 Å². The molecule has 3 heterocycles. The van der Waals surface area contributed by atoms with E-state index in [-0.39, 0.29) is 24.0 Å². The maximum absolute atomic E-state index is 10.1. The van der Waals surface area contributed by atoms with Crippen LogP contribution in [-0.2, 0) is 6.54 Å². The number of piperidine rings is 1. The van der Waals surface area contributed by atoms with Crippen LogP contribution in [0.3, 0.4) is 0 Å². The molecule has 2 N–H and O–H groups in total. The maximum Gasteiger partial charge on any atom is 0.194 e. The Morgan fingerprint density at radius 1 is 1.03 bits per heavy atom. The summed E-state index contributed by atoms with van der Waals surface area (Å²) < 4.78 is 0. The van der Waals surface area contributed by atoms with Gasteiger partial charge in [0.05, 0.1) is 12.2 Å². The number of phenolic OH excluding ortho intramolecular Hbond substituents is 1. The van der Waals surface area contributed by atoms with Gasteiger partial charge in [0.25, 0.3) is 0 Å². The number of aliphatic imine (C=N–C) groups is 1. The molecule has 0 saturated carbocycles. The largest absolute Gasteiger partial charge is 0.506 e. The Labute approximate surface area is 214 Å². The van der Waals surface area contributed by atoms with Crippen LogP contribution in [0.25, 0.3) is 0 Å². The summed E-state index contributed by atoms with van der Waals surface area (Å²) in [6.45, 7) is 11.5. The van der Waals surface area contributed by atoms with Crippen molar-refractivity contribution in [3.05, 3.63) is 48.2 Å². The minimum atomic E-state index is 0. The van der Waals surface area contributed by atoms with Crippen LogP contribution in [0.15, 0.2) is 47.6 Å². The first-order valence-electron chi connectivity index (χ1n) is 11.9. The zero-order valence-electron chi connectivity index (χ0n) is 19.8. The number of para-hydroxylation sites is 2. The first-order chi connectivity index (χ1) is 15.6. The van der Waals surface area contributed by atoms with Gasteiger partial charge < -0.3 is 25.1 Å². The number of nitrogens with one attached hydrogen (secondary N) is 1. The predicted octanol–water partition coefficient (Wildman–Crippen LogP) is 3.93. The van der Waals surface area contributed by atoms with Crippen molar-refractivity contribution in [2.24, 2.45) is 10.9 Å². The second-order valence-electron chi connectivity index (χ2n) is 8.83. The molecule has 0 spiro atoms. The van der Waals surface area contributed by atoms with E-state index < -0.39 is 0 Å². The van der Waals surface area contributed by atoms with Crippen molar-refractivity contribution in [2.45, 2.75) is 33.2 Å². The number of anilines is 2. The quantitative estimate of drug-likeness (QED) is 0.326. The molecule has 0 unspecified atom stereocenters. The number of hydrogen-bond acceptors (Lipinski definition) is 5. The molecule has 1 aromatic carbocycles. The molecule has 0 atom stereocenters. The minimum Gasteiger partial charge on any atom is -0.506 e. The highest BCUT2D eigenvalue weighted by Crippen LogP contribution is 2.27. The topological polar surface area (TPSA) is 67.2 Å². The highest BCUT2D eigenvalue weighted by Gasteiger charge is 2.21. The summed E-state index contributed by atoms with van der Waals surface area (Å²) in [6, 6.07) is 11.9. The van der Waals surface area contributed by atoms with E-state index in [1.807, 2.05) is 24.4 Å². The lowest BCUT2D eigenvalue weighted by Gasteiger charge is -2.37. The summed E-state index contributed by atoms with van der Waals surface area (Å²) in [4.78, 5) is 16.5. The number of halogens is 1. The third kappa shape index (κ3) is 6.65. The van der Waals surface area contributed by atoms with Gasteiger partial charge in [-0.05, 0) is 49.4 Å². The van der Waals surface area contributed by atoms with Gasteiger partial charge in [-0.3, -0.25) is 0 Å². The summed E-state index contributed by atoms with van der Waals surface area (Å²) in [7, 11) is 0. The number of benzene rings is 1. The molecule has 4 rings (SSSR count). The Morgan fingerprint density at radius 2 is 1.76 bits per heavy atom. The number of aromatic nitrogens is 1. The van der Waals surface area contributed by atoms with Crippen molar-refractivity contribution in [2.75, 3.05) is 55.6 Å². The number of aromatic hydroxyl groups is 1. The van der Waals surface area contributed by atoms with Gasteiger partial charge in [0.1, 0.15) is 11.6 Å². The van der Waals surface area contributed by atoms with Gasteiger partial charge in [-0.15, -0.1) is 24.0 Å². The van der Waals surface area contributed by atoms with Crippen LogP contribution in [0.4, 0.5) is 11.5 Å². The molecule has 0 radical (unpaired) electrons. The fourth-order valence-corrected chi connectivity index (χ4v) is 4.42.